The van der Waals surface area contributed by atoms with Crippen LogP contribution in [0.15, 0.2) is 0 Å². The number of rotatable bonds is 2. The van der Waals surface area contributed by atoms with E-state index in [4.69, 9.17) is 0 Å². The van der Waals surface area contributed by atoms with Gasteiger partial charge in [0.05, 0.1) is 6.54 Å². The van der Waals surface area contributed by atoms with Crippen molar-refractivity contribution in [3.8, 4) is 0 Å². The molecule has 0 bridgehead atoms. The Morgan fingerprint density at radius 2 is 2.30 bits per heavy atom. The lowest BCUT2D eigenvalue weighted by Gasteiger charge is -2.11. The van der Waals surface area contributed by atoms with Crippen LogP contribution in [0.1, 0.15) is 26.2 Å². The summed E-state index contributed by atoms with van der Waals surface area (Å²) in [6.45, 7) is 2.64. The van der Waals surface area contributed by atoms with E-state index in [0.717, 1.165) is 13.0 Å². The summed E-state index contributed by atoms with van der Waals surface area (Å²) in [5.74, 6) is 1.31. The van der Waals surface area contributed by atoms with Gasteiger partial charge in [0.1, 0.15) is 5.78 Å². The summed E-state index contributed by atoms with van der Waals surface area (Å²) in [7, 11) is 0. The molecule has 0 spiro atoms. The van der Waals surface area contributed by atoms with Gasteiger partial charge in [-0.1, -0.05) is 6.42 Å². The fourth-order valence-electron chi connectivity index (χ4n) is 1.92. The zero-order chi connectivity index (χ0) is 7.56. The minimum absolute atomic E-state index is 0.345. The van der Waals surface area contributed by atoms with Crippen molar-refractivity contribution in [3.63, 3.8) is 0 Å². The zero-order valence-electron chi connectivity index (χ0n) is 6.60. The molecule has 0 aromatic rings. The molecule has 0 radical (unpaired) electrons. The minimum atomic E-state index is 0.345. The summed E-state index contributed by atoms with van der Waals surface area (Å²) in [4.78, 5) is 11.0. The zero-order valence-corrected chi connectivity index (χ0v) is 6.60. The second kappa shape index (κ2) is 3.15. The second-order valence-corrected chi connectivity index (χ2v) is 3.20. The van der Waals surface area contributed by atoms with E-state index in [0.29, 0.717) is 17.6 Å². The lowest BCUT2D eigenvalue weighted by atomic mass is 9.93. The molecule has 1 aliphatic carbocycles. The van der Waals surface area contributed by atoms with Crippen LogP contribution in [0, 0.1) is 11.8 Å². The van der Waals surface area contributed by atoms with Gasteiger partial charge in [-0.3, -0.25) is 4.79 Å². The van der Waals surface area contributed by atoms with Gasteiger partial charge in [-0.25, -0.2) is 0 Å². The van der Waals surface area contributed by atoms with Crippen molar-refractivity contribution < 1.29 is 10.5 Å². The standard InChI is InChI=1S/C8H15NO/c1-6(10)8-4-2-3-7(8)5-9/h7-8H,2-5,9H2,1H3/p+1/t7-,8-/m0/s1. The van der Waals surface area contributed by atoms with Gasteiger partial charge in [-0.2, -0.15) is 0 Å². The molecule has 3 N–H and O–H groups in total. The van der Waals surface area contributed by atoms with Crippen LogP contribution in [0.5, 0.6) is 0 Å². The third-order valence-electron chi connectivity index (χ3n) is 2.55. The Labute approximate surface area is 61.8 Å². The average molecular weight is 142 g/mol. The molecule has 58 valence electrons. The lowest BCUT2D eigenvalue weighted by molar-refractivity contribution is -0.380. The highest BCUT2D eigenvalue weighted by molar-refractivity contribution is 5.78. The number of ketones is 1. The second-order valence-electron chi connectivity index (χ2n) is 3.20. The Hall–Kier alpha value is -0.370. The number of carbonyl (C=O) groups excluding carboxylic acids is 1. The van der Waals surface area contributed by atoms with Gasteiger partial charge in [-0.15, -0.1) is 0 Å². The van der Waals surface area contributed by atoms with Crippen LogP contribution >= 0.6 is 0 Å². The van der Waals surface area contributed by atoms with Gasteiger partial charge in [0.2, 0.25) is 0 Å². The fraction of sp³-hybridized carbons (Fsp3) is 0.875. The Bertz CT molecular complexity index is 133. The Kier molecular flexibility index (Phi) is 2.44. The highest BCUT2D eigenvalue weighted by atomic mass is 16.1. The van der Waals surface area contributed by atoms with Crippen molar-refractivity contribution in [2.45, 2.75) is 26.2 Å². The molecule has 1 rings (SSSR count). The molecule has 0 unspecified atom stereocenters. The normalized spacial score (nSPS) is 32.6. The smallest absolute Gasteiger partial charge is 0.133 e. The van der Waals surface area contributed by atoms with Crippen molar-refractivity contribution in [2.75, 3.05) is 6.54 Å². The van der Waals surface area contributed by atoms with Gasteiger partial charge in [0.15, 0.2) is 0 Å². The van der Waals surface area contributed by atoms with Gasteiger partial charge in [0, 0.05) is 11.8 Å². The van der Waals surface area contributed by atoms with Crippen LogP contribution < -0.4 is 5.73 Å². The van der Waals surface area contributed by atoms with Crippen molar-refractivity contribution in [1.29, 1.82) is 0 Å². The average Bonchev–Trinajstić information content (AvgIpc) is 2.33. The predicted molar refractivity (Wildman–Crippen MR) is 39.3 cm³/mol. The van der Waals surface area contributed by atoms with Crippen LogP contribution in [0.2, 0.25) is 0 Å². The molecule has 0 saturated heterocycles. The molecule has 10 heavy (non-hydrogen) atoms. The molecule has 0 aliphatic heterocycles. The quantitative estimate of drug-likeness (QED) is 0.589. The van der Waals surface area contributed by atoms with Crippen LogP contribution in [0.4, 0.5) is 0 Å². The number of quaternary nitrogens is 1. The number of carbonyl (C=O) groups is 1. The van der Waals surface area contributed by atoms with Crippen molar-refractivity contribution in [3.05, 3.63) is 0 Å². The maximum Gasteiger partial charge on any atom is 0.133 e. The van der Waals surface area contributed by atoms with Gasteiger partial charge in [-0.05, 0) is 19.8 Å². The first-order chi connectivity index (χ1) is 4.75. The summed E-state index contributed by atoms with van der Waals surface area (Å²) in [5.41, 5.74) is 3.85. The van der Waals surface area contributed by atoms with E-state index < -0.39 is 0 Å². The molecular weight excluding hydrogens is 126 g/mol. The Morgan fingerprint density at radius 3 is 2.70 bits per heavy atom. The lowest BCUT2D eigenvalue weighted by Crippen LogP contribution is -2.54. The summed E-state index contributed by atoms with van der Waals surface area (Å²) in [6.07, 6.45) is 3.55. The first-order valence-corrected chi connectivity index (χ1v) is 4.05. The summed E-state index contributed by atoms with van der Waals surface area (Å²) >= 11 is 0. The van der Waals surface area contributed by atoms with E-state index in [1.54, 1.807) is 6.92 Å². The van der Waals surface area contributed by atoms with E-state index in [-0.39, 0.29) is 0 Å². The maximum atomic E-state index is 11.0. The molecule has 0 aromatic carbocycles. The summed E-state index contributed by atoms with van der Waals surface area (Å²) < 4.78 is 0. The third kappa shape index (κ3) is 1.37. The van der Waals surface area contributed by atoms with Gasteiger partial charge < -0.3 is 5.73 Å². The van der Waals surface area contributed by atoms with Crippen molar-refractivity contribution in [2.24, 2.45) is 11.8 Å². The molecule has 2 atom stereocenters. The molecule has 1 saturated carbocycles. The molecule has 0 amide bonds. The number of Topliss-reactive ketones (excluding diaryl/α,β-unsaturated/α-hetero) is 1. The highest BCUT2D eigenvalue weighted by Crippen LogP contribution is 2.30. The Morgan fingerprint density at radius 1 is 1.60 bits per heavy atom. The van der Waals surface area contributed by atoms with E-state index in [2.05, 4.69) is 5.73 Å². The summed E-state index contributed by atoms with van der Waals surface area (Å²) in [5, 5.41) is 0. The van der Waals surface area contributed by atoms with Crippen molar-refractivity contribution in [1.82, 2.24) is 0 Å². The number of hydrogen-bond acceptors (Lipinski definition) is 1. The maximum absolute atomic E-state index is 11.0. The molecule has 1 fully saturated rings. The van der Waals surface area contributed by atoms with Crippen LogP contribution in [0.3, 0.4) is 0 Å². The topological polar surface area (TPSA) is 44.7 Å². The van der Waals surface area contributed by atoms with Gasteiger partial charge in [0.25, 0.3) is 0 Å². The van der Waals surface area contributed by atoms with Crippen LogP contribution in [0.25, 0.3) is 0 Å². The Balaban J connectivity index is 2.50. The fourth-order valence-corrected chi connectivity index (χ4v) is 1.92. The molecule has 1 aliphatic rings. The largest absolute Gasteiger partial charge is 0.357 e. The molecular formula is C8H16NO+. The van der Waals surface area contributed by atoms with E-state index in [1.165, 1.54) is 12.8 Å². The first-order valence-electron chi connectivity index (χ1n) is 4.05. The minimum Gasteiger partial charge on any atom is -0.357 e. The van der Waals surface area contributed by atoms with Gasteiger partial charge >= 0.3 is 0 Å². The predicted octanol–water partition coefficient (Wildman–Crippen LogP) is 0.234. The highest BCUT2D eigenvalue weighted by Gasteiger charge is 2.30. The number of hydrogen-bond donors (Lipinski definition) is 1. The first kappa shape index (κ1) is 7.73. The van der Waals surface area contributed by atoms with Crippen LogP contribution in [-0.4, -0.2) is 12.3 Å². The van der Waals surface area contributed by atoms with Crippen molar-refractivity contribution >= 4 is 5.78 Å². The molecule has 0 aromatic heterocycles. The van der Waals surface area contributed by atoms with E-state index in [9.17, 15) is 4.79 Å². The molecule has 0 heterocycles. The molecule has 2 heteroatoms. The van der Waals surface area contributed by atoms with E-state index >= 15 is 0 Å². The summed E-state index contributed by atoms with van der Waals surface area (Å²) in [6, 6.07) is 0. The monoisotopic (exact) mass is 142 g/mol. The van der Waals surface area contributed by atoms with Crippen LogP contribution in [-0.2, 0) is 4.79 Å². The molecule has 2 nitrogen and oxygen atoms in total. The third-order valence-corrected chi connectivity index (χ3v) is 2.55. The van der Waals surface area contributed by atoms with E-state index in [1.807, 2.05) is 0 Å². The SMILES string of the molecule is CC(=O)[C@@H]1CCC[C@H]1C[NH3+].